The van der Waals surface area contributed by atoms with E-state index < -0.39 is 0 Å². The molecule has 0 aliphatic heterocycles. The van der Waals surface area contributed by atoms with Crippen molar-refractivity contribution < 1.29 is 8.83 Å². The van der Waals surface area contributed by atoms with E-state index in [0.29, 0.717) is 11.2 Å². The van der Waals surface area contributed by atoms with Gasteiger partial charge in [0.25, 0.3) is 12.0 Å². The van der Waals surface area contributed by atoms with Crippen LogP contribution >= 0.6 is 0 Å². The lowest BCUT2D eigenvalue weighted by Crippen LogP contribution is -1.90. The lowest BCUT2D eigenvalue weighted by molar-refractivity contribution is 0.626. The van der Waals surface area contributed by atoms with Gasteiger partial charge in [0, 0.05) is 11.8 Å². The number of aromatic nitrogens is 4. The van der Waals surface area contributed by atoms with E-state index in [0.717, 1.165) is 39.1 Å². The Balaban J connectivity index is 1.51. The van der Waals surface area contributed by atoms with Crippen molar-refractivity contribution in [3.8, 4) is 22.4 Å². The van der Waals surface area contributed by atoms with Gasteiger partial charge in [0.1, 0.15) is 16.7 Å². The molecule has 4 N–H and O–H groups in total. The largest absolute Gasteiger partial charge is 0.424 e. The fourth-order valence-corrected chi connectivity index (χ4v) is 3.59. The van der Waals surface area contributed by atoms with Crippen LogP contribution in [0.1, 0.15) is 0 Å². The zero-order valence-corrected chi connectivity index (χ0v) is 15.0. The van der Waals surface area contributed by atoms with Crippen LogP contribution in [-0.2, 0) is 0 Å². The van der Waals surface area contributed by atoms with Crippen LogP contribution in [0.15, 0.2) is 69.8 Å². The molecule has 0 atom stereocenters. The van der Waals surface area contributed by atoms with Gasteiger partial charge < -0.3 is 20.3 Å². The Morgan fingerprint density at radius 3 is 2.38 bits per heavy atom. The summed E-state index contributed by atoms with van der Waals surface area (Å²) in [5, 5.41) is 0. The van der Waals surface area contributed by atoms with Crippen molar-refractivity contribution >= 4 is 39.9 Å². The number of nitrogens with zero attached hydrogens (tertiary/aromatic N) is 4. The van der Waals surface area contributed by atoms with Gasteiger partial charge in [0.05, 0.1) is 11.9 Å². The molecule has 4 aromatic heterocycles. The predicted octanol–water partition coefficient (Wildman–Crippen LogP) is 4.12. The highest BCUT2D eigenvalue weighted by Crippen LogP contribution is 2.29. The quantitative estimate of drug-likeness (QED) is 0.462. The van der Waals surface area contributed by atoms with Crippen molar-refractivity contribution in [2.75, 3.05) is 11.5 Å². The van der Waals surface area contributed by atoms with Crippen molar-refractivity contribution in [2.45, 2.75) is 0 Å². The number of imidazole rings is 1. The van der Waals surface area contributed by atoms with Crippen molar-refractivity contribution in [1.29, 1.82) is 0 Å². The van der Waals surface area contributed by atoms with E-state index >= 15 is 0 Å². The third kappa shape index (κ3) is 2.43. The van der Waals surface area contributed by atoms with E-state index in [2.05, 4.69) is 15.0 Å². The first-order valence-electron chi connectivity index (χ1n) is 8.94. The van der Waals surface area contributed by atoms with Gasteiger partial charge >= 0.3 is 0 Å². The fourth-order valence-electron chi connectivity index (χ4n) is 3.59. The molecule has 0 fully saturated rings. The highest BCUT2D eigenvalue weighted by molar-refractivity contribution is 5.83. The number of anilines is 2. The monoisotopic (exact) mass is 382 g/mol. The van der Waals surface area contributed by atoms with Gasteiger partial charge in [-0.05, 0) is 47.5 Å². The summed E-state index contributed by atoms with van der Waals surface area (Å²) in [6, 6.07) is 15.9. The molecule has 0 aliphatic rings. The average Bonchev–Trinajstić information content (AvgIpc) is 3.40. The highest BCUT2D eigenvalue weighted by atomic mass is 16.4. The molecule has 0 aliphatic carbocycles. The first kappa shape index (κ1) is 15.7. The van der Waals surface area contributed by atoms with Gasteiger partial charge in [-0.25, -0.2) is 4.98 Å². The third-order valence-corrected chi connectivity index (χ3v) is 4.94. The number of nitrogen functional groups attached to an aromatic ring is 2. The minimum Gasteiger partial charge on any atom is -0.424 e. The summed E-state index contributed by atoms with van der Waals surface area (Å²) >= 11 is 0. The second-order valence-corrected chi connectivity index (χ2v) is 6.76. The molecule has 4 heterocycles. The minimum atomic E-state index is 0.154. The normalized spacial score (nSPS) is 11.7. The molecule has 8 nitrogen and oxygen atoms in total. The van der Waals surface area contributed by atoms with E-state index in [1.165, 1.54) is 0 Å². The number of benzene rings is 2. The number of hydrogen-bond donors (Lipinski definition) is 2. The topological polar surface area (TPSA) is 121 Å². The molecule has 0 spiro atoms. The number of fused-ring (bicyclic) bond motifs is 3. The number of rotatable bonds is 2. The van der Waals surface area contributed by atoms with Crippen LogP contribution in [0.3, 0.4) is 0 Å². The van der Waals surface area contributed by atoms with Gasteiger partial charge in [0.2, 0.25) is 0 Å². The number of nitrogens with two attached hydrogens (primary N) is 2. The average molecular weight is 382 g/mol. The first-order valence-corrected chi connectivity index (χ1v) is 8.94. The van der Waals surface area contributed by atoms with Crippen LogP contribution in [0.2, 0.25) is 0 Å². The highest BCUT2D eigenvalue weighted by Gasteiger charge is 2.11. The van der Waals surface area contributed by atoms with Gasteiger partial charge in [0.15, 0.2) is 11.2 Å². The molecule has 0 bridgehead atoms. The van der Waals surface area contributed by atoms with Gasteiger partial charge in [-0.2, -0.15) is 9.97 Å². The second kappa shape index (κ2) is 5.59. The van der Waals surface area contributed by atoms with Gasteiger partial charge in [-0.15, -0.1) is 0 Å². The molecular weight excluding hydrogens is 368 g/mol. The smallest absolute Gasteiger partial charge is 0.292 e. The molecule has 0 saturated heterocycles. The molecule has 0 radical (unpaired) electrons. The summed E-state index contributed by atoms with van der Waals surface area (Å²) in [5.74, 6) is 0. The summed E-state index contributed by atoms with van der Waals surface area (Å²) in [7, 11) is 0. The standard InChI is InChI=1S/C21H14N6O2/c22-20-25-14-4-1-12(8-18(14)29-20)16-9-24-19-6-3-13(10-27(16)19)11-2-5-17-15(7-11)26-21(23)28-17/h1-10H,(H2,22,25)(H2,23,26). The maximum Gasteiger partial charge on any atom is 0.292 e. The van der Waals surface area contributed by atoms with Crippen molar-refractivity contribution in [3.63, 3.8) is 0 Å². The SMILES string of the molecule is Nc1nc2cc(-c3ccc4ncc(-c5ccc6nc(N)oc6c5)n4c3)ccc2o1. The predicted molar refractivity (Wildman–Crippen MR) is 110 cm³/mol. The van der Waals surface area contributed by atoms with Crippen LogP contribution in [0, 0.1) is 0 Å². The Bertz CT molecular complexity index is 1540. The van der Waals surface area contributed by atoms with Gasteiger partial charge in [-0.3, -0.25) is 4.40 Å². The van der Waals surface area contributed by atoms with E-state index in [-0.39, 0.29) is 12.0 Å². The second-order valence-electron chi connectivity index (χ2n) is 6.76. The number of pyridine rings is 1. The summed E-state index contributed by atoms with van der Waals surface area (Å²) in [4.78, 5) is 12.9. The van der Waals surface area contributed by atoms with E-state index in [1.54, 1.807) is 0 Å². The van der Waals surface area contributed by atoms with Crippen LogP contribution in [0.4, 0.5) is 12.0 Å². The molecule has 6 rings (SSSR count). The van der Waals surface area contributed by atoms with Crippen LogP contribution in [0.25, 0.3) is 50.2 Å². The molecule has 2 aromatic carbocycles. The lowest BCUT2D eigenvalue weighted by atomic mass is 10.1. The molecular formula is C21H14N6O2. The maximum atomic E-state index is 5.66. The van der Waals surface area contributed by atoms with Crippen LogP contribution in [0.5, 0.6) is 0 Å². The fraction of sp³-hybridized carbons (Fsp3) is 0. The summed E-state index contributed by atoms with van der Waals surface area (Å²) in [6.45, 7) is 0. The first-order chi connectivity index (χ1) is 14.1. The molecule has 140 valence electrons. The maximum absolute atomic E-state index is 5.66. The van der Waals surface area contributed by atoms with Crippen molar-refractivity contribution in [2.24, 2.45) is 0 Å². The third-order valence-electron chi connectivity index (χ3n) is 4.94. The Labute approximate surface area is 163 Å². The molecule has 0 amide bonds. The molecule has 29 heavy (non-hydrogen) atoms. The minimum absolute atomic E-state index is 0.154. The number of hydrogen-bond acceptors (Lipinski definition) is 7. The Morgan fingerprint density at radius 1 is 0.724 bits per heavy atom. The Hall–Kier alpha value is -4.33. The summed E-state index contributed by atoms with van der Waals surface area (Å²) < 4.78 is 12.9. The Morgan fingerprint density at radius 2 is 1.48 bits per heavy atom. The lowest BCUT2D eigenvalue weighted by Gasteiger charge is -2.06. The van der Waals surface area contributed by atoms with Crippen molar-refractivity contribution in [3.05, 3.63) is 60.9 Å². The summed E-state index contributed by atoms with van der Waals surface area (Å²) in [5.41, 5.74) is 18.8. The number of oxazole rings is 2. The van der Waals surface area contributed by atoms with Gasteiger partial charge in [-0.1, -0.05) is 12.1 Å². The molecule has 6 aromatic rings. The van der Waals surface area contributed by atoms with E-state index in [1.807, 2.05) is 65.3 Å². The van der Waals surface area contributed by atoms with Crippen molar-refractivity contribution in [1.82, 2.24) is 19.4 Å². The van der Waals surface area contributed by atoms with Crippen LogP contribution < -0.4 is 11.5 Å². The van der Waals surface area contributed by atoms with Crippen LogP contribution in [-0.4, -0.2) is 19.4 Å². The molecule has 0 saturated carbocycles. The van der Waals surface area contributed by atoms with E-state index in [9.17, 15) is 0 Å². The molecule has 8 heteroatoms. The zero-order valence-electron chi connectivity index (χ0n) is 15.0. The van der Waals surface area contributed by atoms with E-state index in [4.69, 9.17) is 20.3 Å². The zero-order chi connectivity index (χ0) is 19.5. The molecule has 0 unspecified atom stereocenters. The Kier molecular flexibility index (Phi) is 3.02. The summed E-state index contributed by atoms with van der Waals surface area (Å²) in [6.07, 6.45) is 3.88.